The minimum absolute atomic E-state index is 0.216. The van der Waals surface area contributed by atoms with E-state index >= 15 is 0 Å². The summed E-state index contributed by atoms with van der Waals surface area (Å²) in [6.45, 7) is 0.0211. The van der Waals surface area contributed by atoms with Crippen LogP contribution in [0.15, 0.2) is 86.9 Å². The molecule has 2 aromatic carbocycles. The van der Waals surface area contributed by atoms with Crippen molar-refractivity contribution in [3.8, 4) is 5.75 Å². The van der Waals surface area contributed by atoms with Gasteiger partial charge >= 0.3 is 5.63 Å². The Hall–Kier alpha value is -3.84. The van der Waals surface area contributed by atoms with Gasteiger partial charge in [0, 0.05) is 34.8 Å². The Balaban J connectivity index is 1.42. The molecule has 7 nitrogen and oxygen atoms in total. The van der Waals surface area contributed by atoms with Crippen LogP contribution in [0.4, 0.5) is 5.69 Å². The Bertz CT molecular complexity index is 1380. The first-order valence-corrected chi connectivity index (χ1v) is 9.76. The maximum Gasteiger partial charge on any atom is 0.336 e. The molecule has 0 aliphatic carbocycles. The molecular weight excluding hydrogens is 420 g/mol. The van der Waals surface area contributed by atoms with E-state index in [-0.39, 0.29) is 18.7 Å². The predicted octanol–water partition coefficient (Wildman–Crippen LogP) is 3.67. The molecular formula is C23H17ClN2O5. The molecule has 0 radical (unpaired) electrons. The summed E-state index contributed by atoms with van der Waals surface area (Å²) in [6.07, 6.45) is 1.55. The van der Waals surface area contributed by atoms with Gasteiger partial charge in [-0.25, -0.2) is 4.79 Å². The number of ether oxygens (including phenoxy) is 1. The summed E-state index contributed by atoms with van der Waals surface area (Å²) >= 11 is 6.17. The van der Waals surface area contributed by atoms with Gasteiger partial charge < -0.3 is 19.0 Å². The van der Waals surface area contributed by atoms with Crippen LogP contribution >= 0.6 is 11.6 Å². The fraction of sp³-hybridized carbons (Fsp3) is 0.0870. The van der Waals surface area contributed by atoms with Crippen molar-refractivity contribution in [2.75, 3.05) is 11.9 Å². The maximum atomic E-state index is 12.3. The number of aromatic nitrogens is 1. The first-order chi connectivity index (χ1) is 15.0. The SMILES string of the molecule is O=C(COc1ccc2ccc(=O)oc2c1)Nc1ccc(=O)n(Cc2ccccc2Cl)c1. The minimum Gasteiger partial charge on any atom is -0.484 e. The molecule has 0 saturated heterocycles. The van der Waals surface area contributed by atoms with E-state index in [1.54, 1.807) is 36.5 Å². The molecule has 0 atom stereocenters. The van der Waals surface area contributed by atoms with Crippen LogP contribution in [-0.2, 0) is 11.3 Å². The Morgan fingerprint density at radius 1 is 1.03 bits per heavy atom. The van der Waals surface area contributed by atoms with Crippen molar-refractivity contribution in [1.29, 1.82) is 0 Å². The van der Waals surface area contributed by atoms with Crippen molar-refractivity contribution in [2.24, 2.45) is 0 Å². The fourth-order valence-corrected chi connectivity index (χ4v) is 3.21. The number of pyridine rings is 1. The maximum absolute atomic E-state index is 12.3. The zero-order valence-electron chi connectivity index (χ0n) is 16.2. The number of fused-ring (bicyclic) bond motifs is 1. The zero-order valence-corrected chi connectivity index (χ0v) is 17.0. The lowest BCUT2D eigenvalue weighted by Gasteiger charge is -2.11. The summed E-state index contributed by atoms with van der Waals surface area (Å²) < 4.78 is 12.1. The largest absolute Gasteiger partial charge is 0.484 e. The van der Waals surface area contributed by atoms with E-state index in [0.29, 0.717) is 22.0 Å². The number of benzene rings is 2. The molecule has 0 aliphatic rings. The smallest absolute Gasteiger partial charge is 0.336 e. The molecule has 8 heteroatoms. The van der Waals surface area contributed by atoms with Gasteiger partial charge in [-0.3, -0.25) is 9.59 Å². The van der Waals surface area contributed by atoms with E-state index in [9.17, 15) is 14.4 Å². The lowest BCUT2D eigenvalue weighted by molar-refractivity contribution is -0.118. The number of nitrogens with one attached hydrogen (secondary N) is 1. The van der Waals surface area contributed by atoms with Crippen LogP contribution in [0.25, 0.3) is 11.0 Å². The van der Waals surface area contributed by atoms with Crippen molar-refractivity contribution in [3.05, 3.63) is 104 Å². The highest BCUT2D eigenvalue weighted by Gasteiger charge is 2.08. The lowest BCUT2D eigenvalue weighted by Crippen LogP contribution is -2.23. The Labute approximate surface area is 181 Å². The molecule has 0 aliphatic heterocycles. The van der Waals surface area contributed by atoms with Gasteiger partial charge in [0.05, 0.1) is 12.2 Å². The number of hydrogen-bond donors (Lipinski definition) is 1. The highest BCUT2D eigenvalue weighted by Crippen LogP contribution is 2.19. The summed E-state index contributed by atoms with van der Waals surface area (Å²) in [5.41, 5.74) is 0.934. The molecule has 1 N–H and O–H groups in total. The normalized spacial score (nSPS) is 10.7. The average molecular weight is 437 g/mol. The number of carbonyl (C=O) groups is 1. The van der Waals surface area contributed by atoms with Crippen molar-refractivity contribution in [3.63, 3.8) is 0 Å². The van der Waals surface area contributed by atoms with Crippen molar-refractivity contribution in [1.82, 2.24) is 4.57 Å². The molecule has 0 unspecified atom stereocenters. The Kier molecular flexibility index (Phi) is 5.86. The number of halogens is 1. The predicted molar refractivity (Wildman–Crippen MR) is 118 cm³/mol. The average Bonchev–Trinajstić information content (AvgIpc) is 2.76. The van der Waals surface area contributed by atoms with Gasteiger partial charge in [0.2, 0.25) is 0 Å². The first kappa shape index (κ1) is 20.4. The van der Waals surface area contributed by atoms with Gasteiger partial charge in [0.25, 0.3) is 11.5 Å². The lowest BCUT2D eigenvalue weighted by atomic mass is 10.2. The van der Waals surface area contributed by atoms with E-state index in [4.69, 9.17) is 20.8 Å². The molecule has 0 bridgehead atoms. The van der Waals surface area contributed by atoms with Crippen LogP contribution in [0, 0.1) is 0 Å². The molecule has 4 rings (SSSR count). The molecule has 1 amide bonds. The Morgan fingerprint density at radius 2 is 1.84 bits per heavy atom. The Morgan fingerprint density at radius 3 is 2.68 bits per heavy atom. The van der Waals surface area contributed by atoms with Gasteiger partial charge in [-0.1, -0.05) is 29.8 Å². The molecule has 156 valence electrons. The van der Waals surface area contributed by atoms with Crippen LogP contribution in [0.3, 0.4) is 0 Å². The summed E-state index contributed by atoms with van der Waals surface area (Å²) in [5.74, 6) is -0.0155. The van der Waals surface area contributed by atoms with E-state index in [2.05, 4.69) is 5.32 Å². The number of anilines is 1. The molecule has 2 heterocycles. The molecule has 2 aromatic heterocycles. The van der Waals surface area contributed by atoms with Crippen molar-refractivity contribution < 1.29 is 13.9 Å². The third-order valence-electron chi connectivity index (χ3n) is 4.53. The summed E-state index contributed by atoms with van der Waals surface area (Å²) in [4.78, 5) is 35.8. The van der Waals surface area contributed by atoms with Gasteiger partial charge in [-0.2, -0.15) is 0 Å². The van der Waals surface area contributed by atoms with E-state index in [1.165, 1.54) is 22.8 Å². The fourth-order valence-electron chi connectivity index (χ4n) is 3.02. The van der Waals surface area contributed by atoms with Crippen LogP contribution in [0.2, 0.25) is 5.02 Å². The third-order valence-corrected chi connectivity index (χ3v) is 4.90. The monoisotopic (exact) mass is 436 g/mol. The highest BCUT2D eigenvalue weighted by molar-refractivity contribution is 6.31. The van der Waals surface area contributed by atoms with Crippen LogP contribution in [-0.4, -0.2) is 17.1 Å². The summed E-state index contributed by atoms with van der Waals surface area (Å²) in [6, 6.07) is 18.1. The quantitative estimate of drug-likeness (QED) is 0.466. The molecule has 31 heavy (non-hydrogen) atoms. The van der Waals surface area contributed by atoms with E-state index in [1.807, 2.05) is 18.2 Å². The summed E-state index contributed by atoms with van der Waals surface area (Å²) in [7, 11) is 0. The van der Waals surface area contributed by atoms with Crippen molar-refractivity contribution >= 4 is 34.2 Å². The first-order valence-electron chi connectivity index (χ1n) is 9.38. The number of rotatable bonds is 6. The standard InChI is InChI=1S/C23H17ClN2O5/c24-19-4-2-1-3-16(19)12-26-13-17(7-9-22(26)28)25-21(27)14-30-18-8-5-15-6-10-23(29)31-20(15)11-18/h1-11,13H,12,14H2,(H,25,27). The molecule has 4 aromatic rings. The third kappa shape index (κ3) is 5.02. The van der Waals surface area contributed by atoms with Gasteiger partial charge in [0.1, 0.15) is 11.3 Å². The highest BCUT2D eigenvalue weighted by atomic mass is 35.5. The number of hydrogen-bond acceptors (Lipinski definition) is 5. The zero-order chi connectivity index (χ0) is 21.8. The second kappa shape index (κ2) is 8.89. The van der Waals surface area contributed by atoms with Crippen molar-refractivity contribution in [2.45, 2.75) is 6.54 Å². The number of carbonyl (C=O) groups excluding carboxylic acids is 1. The number of amides is 1. The molecule has 0 spiro atoms. The van der Waals surface area contributed by atoms with E-state index in [0.717, 1.165) is 10.9 Å². The number of nitrogens with zero attached hydrogens (tertiary/aromatic N) is 1. The second-order valence-corrected chi connectivity index (χ2v) is 7.17. The van der Waals surface area contributed by atoms with Crippen LogP contribution in [0.1, 0.15) is 5.56 Å². The topological polar surface area (TPSA) is 90.5 Å². The summed E-state index contributed by atoms with van der Waals surface area (Å²) in [5, 5.41) is 4.00. The van der Waals surface area contributed by atoms with Gasteiger partial charge in [-0.05, 0) is 35.9 Å². The second-order valence-electron chi connectivity index (χ2n) is 6.77. The minimum atomic E-state index is -0.464. The molecule has 0 fully saturated rings. The van der Waals surface area contributed by atoms with Gasteiger partial charge in [0.15, 0.2) is 6.61 Å². The van der Waals surface area contributed by atoms with Gasteiger partial charge in [-0.15, -0.1) is 0 Å². The van der Waals surface area contributed by atoms with E-state index < -0.39 is 11.5 Å². The van der Waals surface area contributed by atoms with Crippen LogP contribution < -0.4 is 21.2 Å². The molecule has 0 saturated carbocycles. The van der Waals surface area contributed by atoms with Crippen LogP contribution in [0.5, 0.6) is 5.75 Å².